The summed E-state index contributed by atoms with van der Waals surface area (Å²) in [4.78, 5) is 20.4. The average molecular weight is 384 g/mol. The number of hydrogen-bond acceptors (Lipinski definition) is 5. The summed E-state index contributed by atoms with van der Waals surface area (Å²) in [6, 6.07) is 6.89. The van der Waals surface area contributed by atoms with E-state index in [4.69, 9.17) is 17.3 Å². The first kappa shape index (κ1) is 14.2. The number of fused-ring (bicyclic) bond motifs is 1. The Morgan fingerprint density at radius 3 is 3.00 bits per heavy atom. The topological polar surface area (TPSA) is 80.9 Å². The average Bonchev–Trinajstić information content (AvgIpc) is 2.81. The van der Waals surface area contributed by atoms with Crippen LogP contribution in [0.3, 0.4) is 0 Å². The third kappa shape index (κ3) is 2.99. The molecule has 106 valence electrons. The molecule has 1 aromatic carbocycles. The predicted octanol–water partition coefficient (Wildman–Crippen LogP) is 3.94. The van der Waals surface area contributed by atoms with Crippen LogP contribution in [0.15, 0.2) is 34.9 Å². The van der Waals surface area contributed by atoms with Gasteiger partial charge in [-0.15, -0.1) is 0 Å². The minimum absolute atomic E-state index is 0.231. The zero-order chi connectivity index (χ0) is 15.0. The lowest BCUT2D eigenvalue weighted by Crippen LogP contribution is -2.12. The van der Waals surface area contributed by atoms with Crippen LogP contribution in [0, 0.1) is 0 Å². The number of nitrogens with two attached hydrogens (primary N) is 1. The van der Waals surface area contributed by atoms with Gasteiger partial charge < -0.3 is 11.1 Å². The van der Waals surface area contributed by atoms with Gasteiger partial charge in [-0.25, -0.2) is 9.97 Å². The number of nitrogens with one attached hydrogen (secondary N) is 1. The van der Waals surface area contributed by atoms with E-state index >= 15 is 0 Å². The van der Waals surface area contributed by atoms with E-state index in [0.717, 1.165) is 14.7 Å². The van der Waals surface area contributed by atoms with Crippen LogP contribution in [0.1, 0.15) is 10.4 Å². The Bertz CT molecular complexity index is 851. The number of pyridine rings is 1. The lowest BCUT2D eigenvalue weighted by Gasteiger charge is -2.07. The summed E-state index contributed by atoms with van der Waals surface area (Å²) >= 11 is 10.6. The number of anilines is 2. The fraction of sp³-hybridized carbons (Fsp3) is 0. The molecule has 0 aliphatic rings. The lowest BCUT2D eigenvalue weighted by molar-refractivity contribution is 0.102. The summed E-state index contributed by atoms with van der Waals surface area (Å²) in [5.74, 6) is -0.273. The maximum atomic E-state index is 12.3. The number of nitrogen functional groups attached to an aromatic ring is 1. The van der Waals surface area contributed by atoms with Crippen molar-refractivity contribution in [3.63, 3.8) is 0 Å². The van der Waals surface area contributed by atoms with Crippen LogP contribution >= 0.6 is 38.9 Å². The van der Waals surface area contributed by atoms with Crippen molar-refractivity contribution in [2.75, 3.05) is 11.1 Å². The molecule has 8 heteroatoms. The number of amides is 1. The zero-order valence-corrected chi connectivity index (χ0v) is 13.6. The molecule has 3 aromatic rings. The molecule has 0 fully saturated rings. The molecule has 21 heavy (non-hydrogen) atoms. The molecule has 0 aliphatic carbocycles. The van der Waals surface area contributed by atoms with Gasteiger partial charge in [0, 0.05) is 16.2 Å². The summed E-state index contributed by atoms with van der Waals surface area (Å²) < 4.78 is 1.59. The van der Waals surface area contributed by atoms with Crippen molar-refractivity contribution >= 4 is 65.8 Å². The molecule has 0 bridgehead atoms. The maximum absolute atomic E-state index is 12.3. The van der Waals surface area contributed by atoms with Crippen molar-refractivity contribution in [2.24, 2.45) is 0 Å². The number of hydrogen-bond donors (Lipinski definition) is 2. The Hall–Kier alpha value is -1.70. The number of rotatable bonds is 2. The zero-order valence-electron chi connectivity index (χ0n) is 10.4. The van der Waals surface area contributed by atoms with E-state index in [1.165, 1.54) is 11.3 Å². The molecule has 5 nitrogen and oxygen atoms in total. The smallest absolute Gasteiger partial charge is 0.255 e. The van der Waals surface area contributed by atoms with E-state index in [2.05, 4.69) is 31.2 Å². The number of carbonyl (C=O) groups excluding carboxylic acids is 1. The van der Waals surface area contributed by atoms with Gasteiger partial charge in [-0.3, -0.25) is 4.79 Å². The van der Waals surface area contributed by atoms with Gasteiger partial charge in [0.15, 0.2) is 10.3 Å². The lowest BCUT2D eigenvalue weighted by atomic mass is 10.2. The maximum Gasteiger partial charge on any atom is 0.255 e. The normalized spacial score (nSPS) is 10.8. The van der Waals surface area contributed by atoms with Crippen molar-refractivity contribution in [1.82, 2.24) is 9.97 Å². The number of benzene rings is 1. The van der Waals surface area contributed by atoms with Crippen LogP contribution in [0.2, 0.25) is 5.15 Å². The first-order valence-electron chi connectivity index (χ1n) is 5.81. The number of thiazole rings is 1. The van der Waals surface area contributed by atoms with Crippen LogP contribution in [0.4, 0.5) is 10.8 Å². The first-order chi connectivity index (χ1) is 10.0. The number of carbonyl (C=O) groups is 1. The molecule has 0 radical (unpaired) electrons. The van der Waals surface area contributed by atoms with E-state index in [1.807, 2.05) is 0 Å². The molecule has 2 aromatic heterocycles. The first-order valence-corrected chi connectivity index (χ1v) is 7.80. The molecule has 0 spiro atoms. The van der Waals surface area contributed by atoms with Crippen molar-refractivity contribution < 1.29 is 4.79 Å². The second-order valence-electron chi connectivity index (χ2n) is 4.18. The highest BCUT2D eigenvalue weighted by atomic mass is 79.9. The van der Waals surface area contributed by atoms with Crippen molar-refractivity contribution in [1.29, 1.82) is 0 Å². The fourth-order valence-electron chi connectivity index (χ4n) is 1.79. The number of nitrogens with zero attached hydrogens (tertiary/aromatic N) is 2. The third-order valence-corrected chi connectivity index (χ3v) is 4.30. The predicted molar refractivity (Wildman–Crippen MR) is 88.9 cm³/mol. The molecular weight excluding hydrogens is 376 g/mol. The van der Waals surface area contributed by atoms with Crippen LogP contribution < -0.4 is 11.1 Å². The van der Waals surface area contributed by atoms with Gasteiger partial charge in [-0.05, 0) is 40.2 Å². The Morgan fingerprint density at radius 2 is 2.19 bits per heavy atom. The second kappa shape index (κ2) is 5.59. The van der Waals surface area contributed by atoms with Gasteiger partial charge in [-0.2, -0.15) is 0 Å². The van der Waals surface area contributed by atoms with E-state index in [-0.39, 0.29) is 11.1 Å². The highest BCUT2D eigenvalue weighted by Crippen LogP contribution is 2.26. The standard InChI is InChI=1S/C13H8BrClN4OS/c14-7-4-9(11(15)17-5-7)18-12(20)6-1-2-8-10(3-6)21-13(16)19-8/h1-5H,(H2,16,19)(H,18,20). The minimum atomic E-state index is -0.273. The van der Waals surface area contributed by atoms with Gasteiger partial charge in [0.05, 0.1) is 15.9 Å². The summed E-state index contributed by atoms with van der Waals surface area (Å²) in [5, 5.41) is 3.43. The summed E-state index contributed by atoms with van der Waals surface area (Å²) in [6.07, 6.45) is 1.56. The van der Waals surface area contributed by atoms with Gasteiger partial charge in [0.1, 0.15) is 0 Å². The molecule has 3 rings (SSSR count). The molecule has 0 saturated carbocycles. The van der Waals surface area contributed by atoms with E-state index < -0.39 is 0 Å². The van der Waals surface area contributed by atoms with Gasteiger partial charge >= 0.3 is 0 Å². The highest BCUT2D eigenvalue weighted by Gasteiger charge is 2.11. The summed E-state index contributed by atoms with van der Waals surface area (Å²) in [7, 11) is 0. The van der Waals surface area contributed by atoms with Crippen LogP contribution in [0.25, 0.3) is 10.2 Å². The number of halogens is 2. The Morgan fingerprint density at radius 1 is 1.38 bits per heavy atom. The summed E-state index contributed by atoms with van der Waals surface area (Å²) in [5.41, 5.74) is 7.37. The Balaban J connectivity index is 1.91. The van der Waals surface area contributed by atoms with E-state index in [9.17, 15) is 4.79 Å². The molecular formula is C13H8BrClN4OS. The van der Waals surface area contributed by atoms with Gasteiger partial charge in [-0.1, -0.05) is 22.9 Å². The Kier molecular flexibility index (Phi) is 3.79. The van der Waals surface area contributed by atoms with Crippen LogP contribution in [0.5, 0.6) is 0 Å². The summed E-state index contributed by atoms with van der Waals surface area (Å²) in [6.45, 7) is 0. The van der Waals surface area contributed by atoms with Crippen molar-refractivity contribution in [3.05, 3.63) is 45.7 Å². The quantitative estimate of drug-likeness (QED) is 0.657. The SMILES string of the molecule is Nc1nc2ccc(C(=O)Nc3cc(Br)cnc3Cl)cc2s1. The van der Waals surface area contributed by atoms with Gasteiger partial charge in [0.25, 0.3) is 5.91 Å². The highest BCUT2D eigenvalue weighted by molar-refractivity contribution is 9.10. The molecule has 0 atom stereocenters. The minimum Gasteiger partial charge on any atom is -0.375 e. The number of aromatic nitrogens is 2. The second-order valence-corrected chi connectivity index (χ2v) is 6.52. The van der Waals surface area contributed by atoms with Crippen molar-refractivity contribution in [2.45, 2.75) is 0 Å². The Labute approximate surface area is 137 Å². The van der Waals surface area contributed by atoms with E-state index in [1.54, 1.807) is 30.5 Å². The molecule has 0 saturated heterocycles. The van der Waals surface area contributed by atoms with Gasteiger partial charge in [0.2, 0.25) is 0 Å². The monoisotopic (exact) mass is 382 g/mol. The van der Waals surface area contributed by atoms with E-state index in [0.29, 0.717) is 16.4 Å². The third-order valence-electron chi connectivity index (χ3n) is 2.72. The molecule has 0 aliphatic heterocycles. The molecule has 3 N–H and O–H groups in total. The molecule has 0 unspecified atom stereocenters. The molecule has 1 amide bonds. The fourth-order valence-corrected chi connectivity index (χ4v) is 3.04. The molecule has 2 heterocycles. The van der Waals surface area contributed by atoms with Crippen molar-refractivity contribution in [3.8, 4) is 0 Å². The largest absolute Gasteiger partial charge is 0.375 e. The van der Waals surface area contributed by atoms with Crippen LogP contribution in [-0.2, 0) is 0 Å². The van der Waals surface area contributed by atoms with Crippen LogP contribution in [-0.4, -0.2) is 15.9 Å².